The fourth-order valence-corrected chi connectivity index (χ4v) is 3.13. The standard InChI is InChI=1S/C19H23NO4S/c1-5-24-16-9-7-6-8-15(16)20-19(21)13(2)25-14-10-11-17(22-3)18(12-14)23-4/h6-13H,5H2,1-4H3,(H,20,21)/t13-/m1/s1. The van der Waals surface area contributed by atoms with Crippen LogP contribution in [0.2, 0.25) is 0 Å². The summed E-state index contributed by atoms with van der Waals surface area (Å²) in [5.41, 5.74) is 0.675. The molecule has 2 aromatic rings. The number of nitrogens with one attached hydrogen (secondary N) is 1. The van der Waals surface area contributed by atoms with Crippen LogP contribution in [0.3, 0.4) is 0 Å². The van der Waals surface area contributed by atoms with Gasteiger partial charge in [0.05, 0.1) is 31.8 Å². The van der Waals surface area contributed by atoms with E-state index < -0.39 is 0 Å². The van der Waals surface area contributed by atoms with Crippen molar-refractivity contribution in [3.05, 3.63) is 42.5 Å². The molecule has 1 N–H and O–H groups in total. The van der Waals surface area contributed by atoms with Crippen LogP contribution in [0.25, 0.3) is 0 Å². The van der Waals surface area contributed by atoms with Crippen LogP contribution >= 0.6 is 11.8 Å². The normalized spacial score (nSPS) is 11.5. The number of para-hydroxylation sites is 2. The van der Waals surface area contributed by atoms with E-state index in [1.807, 2.05) is 56.3 Å². The molecule has 0 unspecified atom stereocenters. The highest BCUT2D eigenvalue weighted by Gasteiger charge is 2.17. The molecule has 1 atom stereocenters. The van der Waals surface area contributed by atoms with Gasteiger partial charge in [-0.25, -0.2) is 0 Å². The van der Waals surface area contributed by atoms with Gasteiger partial charge in [-0.2, -0.15) is 0 Å². The van der Waals surface area contributed by atoms with Crippen LogP contribution in [0.4, 0.5) is 5.69 Å². The molecule has 2 aromatic carbocycles. The Morgan fingerprint density at radius 3 is 2.48 bits per heavy atom. The summed E-state index contributed by atoms with van der Waals surface area (Å²) in [6.07, 6.45) is 0. The van der Waals surface area contributed by atoms with Gasteiger partial charge in [0.25, 0.3) is 0 Å². The first-order valence-corrected chi connectivity index (χ1v) is 8.88. The third-order valence-electron chi connectivity index (χ3n) is 3.48. The van der Waals surface area contributed by atoms with Crippen molar-refractivity contribution in [2.24, 2.45) is 0 Å². The first kappa shape index (κ1) is 19.0. The monoisotopic (exact) mass is 361 g/mol. The lowest BCUT2D eigenvalue weighted by Crippen LogP contribution is -2.22. The van der Waals surface area contributed by atoms with Gasteiger partial charge in [-0.1, -0.05) is 12.1 Å². The SMILES string of the molecule is CCOc1ccccc1NC(=O)[C@@H](C)Sc1ccc(OC)c(OC)c1. The number of carbonyl (C=O) groups excluding carboxylic acids is 1. The van der Waals surface area contributed by atoms with E-state index in [0.29, 0.717) is 29.5 Å². The minimum absolute atomic E-state index is 0.0908. The van der Waals surface area contributed by atoms with Gasteiger partial charge in [0.2, 0.25) is 5.91 Å². The molecule has 2 rings (SSSR count). The lowest BCUT2D eigenvalue weighted by Gasteiger charge is -2.15. The van der Waals surface area contributed by atoms with Crippen molar-refractivity contribution >= 4 is 23.4 Å². The van der Waals surface area contributed by atoms with Crippen molar-refractivity contribution in [2.45, 2.75) is 24.0 Å². The van der Waals surface area contributed by atoms with E-state index in [4.69, 9.17) is 14.2 Å². The summed E-state index contributed by atoms with van der Waals surface area (Å²) in [5, 5.41) is 2.64. The van der Waals surface area contributed by atoms with Crippen LogP contribution in [0.5, 0.6) is 17.2 Å². The molecule has 25 heavy (non-hydrogen) atoms. The van der Waals surface area contributed by atoms with Gasteiger partial charge in [0, 0.05) is 4.90 Å². The van der Waals surface area contributed by atoms with Crippen LogP contribution in [-0.4, -0.2) is 32.0 Å². The summed E-state index contributed by atoms with van der Waals surface area (Å²) in [4.78, 5) is 13.4. The molecule has 5 nitrogen and oxygen atoms in total. The number of carbonyl (C=O) groups is 1. The fraction of sp³-hybridized carbons (Fsp3) is 0.316. The maximum atomic E-state index is 12.5. The van der Waals surface area contributed by atoms with E-state index in [9.17, 15) is 4.79 Å². The third-order valence-corrected chi connectivity index (χ3v) is 4.58. The number of hydrogen-bond donors (Lipinski definition) is 1. The summed E-state index contributed by atoms with van der Waals surface area (Å²) in [6, 6.07) is 13.0. The van der Waals surface area contributed by atoms with Gasteiger partial charge in [-0.05, 0) is 44.2 Å². The molecule has 134 valence electrons. The van der Waals surface area contributed by atoms with E-state index in [0.717, 1.165) is 4.90 Å². The Kier molecular flexibility index (Phi) is 7.01. The highest BCUT2D eigenvalue weighted by molar-refractivity contribution is 8.00. The topological polar surface area (TPSA) is 56.8 Å². The maximum absolute atomic E-state index is 12.5. The number of anilines is 1. The first-order chi connectivity index (χ1) is 12.1. The Morgan fingerprint density at radius 1 is 1.08 bits per heavy atom. The molecule has 0 fully saturated rings. The van der Waals surface area contributed by atoms with Crippen LogP contribution in [0.15, 0.2) is 47.4 Å². The summed E-state index contributed by atoms with van der Waals surface area (Å²) in [5.74, 6) is 1.88. The molecule has 0 aliphatic rings. The number of methoxy groups -OCH3 is 2. The van der Waals surface area contributed by atoms with E-state index in [1.54, 1.807) is 14.2 Å². The molecule has 0 radical (unpaired) electrons. The molecule has 0 bridgehead atoms. The quantitative estimate of drug-likeness (QED) is 0.714. The minimum Gasteiger partial charge on any atom is -0.493 e. The average Bonchev–Trinajstić information content (AvgIpc) is 2.63. The van der Waals surface area contributed by atoms with Crippen molar-refractivity contribution < 1.29 is 19.0 Å². The fourth-order valence-electron chi connectivity index (χ4n) is 2.23. The van der Waals surface area contributed by atoms with Crippen molar-refractivity contribution in [3.8, 4) is 17.2 Å². The van der Waals surface area contributed by atoms with Gasteiger partial charge < -0.3 is 19.5 Å². The smallest absolute Gasteiger partial charge is 0.237 e. The summed E-state index contributed by atoms with van der Waals surface area (Å²) in [7, 11) is 3.18. The second kappa shape index (κ2) is 9.22. The molecule has 0 aromatic heterocycles. The molecular formula is C19H23NO4S. The van der Waals surface area contributed by atoms with Gasteiger partial charge in [-0.15, -0.1) is 11.8 Å². The van der Waals surface area contributed by atoms with Crippen molar-refractivity contribution in [2.75, 3.05) is 26.1 Å². The number of amides is 1. The van der Waals surface area contributed by atoms with Crippen molar-refractivity contribution in [3.63, 3.8) is 0 Å². The first-order valence-electron chi connectivity index (χ1n) is 8.00. The zero-order valence-corrected chi connectivity index (χ0v) is 15.7. The zero-order chi connectivity index (χ0) is 18.2. The van der Waals surface area contributed by atoms with Crippen LogP contribution in [0, 0.1) is 0 Å². The Bertz CT molecular complexity index is 720. The molecule has 0 saturated heterocycles. The van der Waals surface area contributed by atoms with Gasteiger partial charge >= 0.3 is 0 Å². The summed E-state index contributed by atoms with van der Waals surface area (Å²) >= 11 is 1.45. The highest BCUT2D eigenvalue weighted by Crippen LogP contribution is 2.34. The number of benzene rings is 2. The minimum atomic E-state index is -0.284. The molecule has 0 heterocycles. The van der Waals surface area contributed by atoms with Crippen molar-refractivity contribution in [1.82, 2.24) is 0 Å². The lowest BCUT2D eigenvalue weighted by atomic mass is 10.3. The largest absolute Gasteiger partial charge is 0.493 e. The van der Waals surface area contributed by atoms with Crippen LogP contribution in [0.1, 0.15) is 13.8 Å². The molecule has 1 amide bonds. The Morgan fingerprint density at radius 2 is 1.80 bits per heavy atom. The van der Waals surface area contributed by atoms with Crippen molar-refractivity contribution in [1.29, 1.82) is 0 Å². The van der Waals surface area contributed by atoms with Gasteiger partial charge in [-0.3, -0.25) is 4.79 Å². The Balaban J connectivity index is 2.06. The Hall–Kier alpha value is -2.34. The average molecular weight is 361 g/mol. The Labute approximate surface area is 152 Å². The molecule has 0 aliphatic carbocycles. The lowest BCUT2D eigenvalue weighted by molar-refractivity contribution is -0.115. The molecule has 0 aliphatic heterocycles. The van der Waals surface area contributed by atoms with E-state index in [-0.39, 0.29) is 11.2 Å². The predicted molar refractivity (Wildman–Crippen MR) is 101 cm³/mol. The number of rotatable bonds is 8. The highest BCUT2D eigenvalue weighted by atomic mass is 32.2. The van der Waals surface area contributed by atoms with Crippen LogP contribution < -0.4 is 19.5 Å². The van der Waals surface area contributed by atoms with Gasteiger partial charge in [0.15, 0.2) is 11.5 Å². The molecular weight excluding hydrogens is 338 g/mol. The summed E-state index contributed by atoms with van der Waals surface area (Å²) in [6.45, 7) is 4.32. The van der Waals surface area contributed by atoms with E-state index >= 15 is 0 Å². The number of thioether (sulfide) groups is 1. The second-order valence-corrected chi connectivity index (χ2v) is 6.61. The molecule has 0 saturated carbocycles. The number of ether oxygens (including phenoxy) is 3. The predicted octanol–water partition coefficient (Wildman–Crippen LogP) is 4.22. The maximum Gasteiger partial charge on any atom is 0.237 e. The molecule has 6 heteroatoms. The summed E-state index contributed by atoms with van der Waals surface area (Å²) < 4.78 is 16.1. The number of hydrogen-bond acceptors (Lipinski definition) is 5. The molecule has 0 spiro atoms. The second-order valence-electron chi connectivity index (χ2n) is 5.20. The van der Waals surface area contributed by atoms with E-state index in [1.165, 1.54) is 11.8 Å². The third kappa shape index (κ3) is 5.06. The zero-order valence-electron chi connectivity index (χ0n) is 14.9. The van der Waals surface area contributed by atoms with Gasteiger partial charge in [0.1, 0.15) is 5.75 Å². The van der Waals surface area contributed by atoms with Crippen LogP contribution in [-0.2, 0) is 4.79 Å². The van der Waals surface area contributed by atoms with E-state index in [2.05, 4.69) is 5.32 Å².